The standard InChI is InChI=1S/C29H36N2O2S/c1-33-28-15-9-8-10-24(28)16-21-34-23-27(32)22-30-17-19-31(20-18-30)29(25-11-4-2-5-12-25)26-13-6-3-7-14-26/h2-15,27,29,32H,16-23H2,1H3. The van der Waals surface area contributed by atoms with Crippen LogP contribution in [0.2, 0.25) is 0 Å². The third-order valence-electron chi connectivity index (χ3n) is 6.49. The summed E-state index contributed by atoms with van der Waals surface area (Å²) in [6, 6.07) is 30.1. The van der Waals surface area contributed by atoms with E-state index < -0.39 is 0 Å². The number of benzene rings is 3. The van der Waals surface area contributed by atoms with Gasteiger partial charge in [0, 0.05) is 38.5 Å². The van der Waals surface area contributed by atoms with Crippen molar-refractivity contribution in [2.24, 2.45) is 0 Å². The minimum atomic E-state index is -0.298. The number of aliphatic hydroxyl groups is 1. The number of piperazine rings is 1. The Morgan fingerprint density at radius 2 is 1.41 bits per heavy atom. The quantitative estimate of drug-likeness (QED) is 0.405. The summed E-state index contributed by atoms with van der Waals surface area (Å²) >= 11 is 1.82. The van der Waals surface area contributed by atoms with Crippen molar-refractivity contribution in [1.29, 1.82) is 0 Å². The Hall–Kier alpha value is -2.31. The second kappa shape index (κ2) is 13.0. The van der Waals surface area contributed by atoms with Crippen molar-refractivity contribution in [3.63, 3.8) is 0 Å². The number of nitrogens with zero attached hydrogens (tertiary/aromatic N) is 2. The van der Waals surface area contributed by atoms with Crippen LogP contribution >= 0.6 is 11.8 Å². The third-order valence-corrected chi connectivity index (χ3v) is 7.60. The molecule has 1 heterocycles. The van der Waals surface area contributed by atoms with Gasteiger partial charge in [-0.15, -0.1) is 0 Å². The van der Waals surface area contributed by atoms with Crippen LogP contribution in [0.1, 0.15) is 22.7 Å². The van der Waals surface area contributed by atoms with E-state index in [4.69, 9.17) is 4.74 Å². The highest BCUT2D eigenvalue weighted by Gasteiger charge is 2.27. The molecule has 0 amide bonds. The minimum Gasteiger partial charge on any atom is -0.496 e. The van der Waals surface area contributed by atoms with Gasteiger partial charge >= 0.3 is 0 Å². The molecule has 1 unspecified atom stereocenters. The molecule has 1 N–H and O–H groups in total. The second-order valence-electron chi connectivity index (χ2n) is 8.85. The lowest BCUT2D eigenvalue weighted by atomic mass is 9.96. The molecule has 0 aliphatic carbocycles. The number of para-hydroxylation sites is 1. The fourth-order valence-corrected chi connectivity index (χ4v) is 5.66. The average molecular weight is 477 g/mol. The number of aliphatic hydroxyl groups excluding tert-OH is 1. The highest BCUT2D eigenvalue weighted by molar-refractivity contribution is 7.99. The summed E-state index contributed by atoms with van der Waals surface area (Å²) in [5.74, 6) is 2.71. The maximum absolute atomic E-state index is 10.6. The molecule has 0 aromatic heterocycles. The van der Waals surface area contributed by atoms with Gasteiger partial charge in [-0.1, -0.05) is 78.9 Å². The molecule has 4 nitrogen and oxygen atoms in total. The topological polar surface area (TPSA) is 35.9 Å². The number of rotatable bonds is 11. The van der Waals surface area contributed by atoms with Gasteiger partial charge in [-0.3, -0.25) is 9.80 Å². The maximum Gasteiger partial charge on any atom is 0.122 e. The highest BCUT2D eigenvalue weighted by Crippen LogP contribution is 2.29. The maximum atomic E-state index is 10.6. The molecule has 180 valence electrons. The molecule has 4 rings (SSSR count). The first-order valence-electron chi connectivity index (χ1n) is 12.2. The van der Waals surface area contributed by atoms with Crippen LogP contribution in [0.15, 0.2) is 84.9 Å². The lowest BCUT2D eigenvalue weighted by molar-refractivity contribution is 0.0708. The van der Waals surface area contributed by atoms with Crippen molar-refractivity contribution >= 4 is 11.8 Å². The van der Waals surface area contributed by atoms with E-state index in [1.165, 1.54) is 16.7 Å². The lowest BCUT2D eigenvalue weighted by Gasteiger charge is -2.40. The Morgan fingerprint density at radius 1 is 0.824 bits per heavy atom. The molecule has 0 radical (unpaired) electrons. The lowest BCUT2D eigenvalue weighted by Crippen LogP contribution is -2.50. The van der Waals surface area contributed by atoms with Gasteiger partial charge in [0.05, 0.1) is 19.3 Å². The fourth-order valence-electron chi connectivity index (χ4n) is 4.75. The molecule has 1 aliphatic rings. The van der Waals surface area contributed by atoms with Gasteiger partial charge in [-0.05, 0) is 34.9 Å². The smallest absolute Gasteiger partial charge is 0.122 e. The molecule has 0 saturated carbocycles. The monoisotopic (exact) mass is 476 g/mol. The third kappa shape index (κ3) is 6.86. The van der Waals surface area contributed by atoms with Crippen LogP contribution in [-0.4, -0.2) is 72.3 Å². The van der Waals surface area contributed by atoms with Gasteiger partial charge in [0.2, 0.25) is 0 Å². The predicted molar refractivity (Wildman–Crippen MR) is 143 cm³/mol. The van der Waals surface area contributed by atoms with Gasteiger partial charge < -0.3 is 9.84 Å². The minimum absolute atomic E-state index is 0.278. The van der Waals surface area contributed by atoms with Crippen molar-refractivity contribution in [3.05, 3.63) is 102 Å². The molecule has 3 aromatic carbocycles. The van der Waals surface area contributed by atoms with Crippen molar-refractivity contribution in [2.45, 2.75) is 18.6 Å². The Kier molecular flexibility index (Phi) is 9.45. The van der Waals surface area contributed by atoms with E-state index in [0.717, 1.165) is 56.4 Å². The van der Waals surface area contributed by atoms with Crippen LogP contribution in [0, 0.1) is 0 Å². The Morgan fingerprint density at radius 3 is 2.03 bits per heavy atom. The molecule has 1 aliphatic heterocycles. The second-order valence-corrected chi connectivity index (χ2v) is 10.0. The van der Waals surface area contributed by atoms with E-state index in [-0.39, 0.29) is 12.1 Å². The van der Waals surface area contributed by atoms with Crippen LogP contribution < -0.4 is 4.74 Å². The molecule has 34 heavy (non-hydrogen) atoms. The molecular formula is C29H36N2O2S. The van der Waals surface area contributed by atoms with E-state index in [0.29, 0.717) is 0 Å². The summed E-state index contributed by atoms with van der Waals surface area (Å²) in [7, 11) is 1.72. The van der Waals surface area contributed by atoms with E-state index in [9.17, 15) is 5.11 Å². The molecular weight excluding hydrogens is 440 g/mol. The largest absolute Gasteiger partial charge is 0.496 e. The summed E-state index contributed by atoms with van der Waals surface area (Å²) in [6.45, 7) is 4.72. The summed E-state index contributed by atoms with van der Waals surface area (Å²) in [5.41, 5.74) is 3.91. The van der Waals surface area contributed by atoms with Crippen molar-refractivity contribution < 1.29 is 9.84 Å². The number of thioether (sulfide) groups is 1. The normalized spacial score (nSPS) is 16.0. The van der Waals surface area contributed by atoms with Crippen molar-refractivity contribution in [2.75, 3.05) is 51.3 Å². The van der Waals surface area contributed by atoms with E-state index >= 15 is 0 Å². The van der Waals surface area contributed by atoms with E-state index in [1.807, 2.05) is 23.9 Å². The predicted octanol–water partition coefficient (Wildman–Crippen LogP) is 4.74. The molecule has 0 spiro atoms. The molecule has 5 heteroatoms. The SMILES string of the molecule is COc1ccccc1CCSCC(O)CN1CCN(C(c2ccccc2)c2ccccc2)CC1. The first-order chi connectivity index (χ1) is 16.7. The molecule has 1 fully saturated rings. The van der Waals surface area contributed by atoms with Gasteiger partial charge in [-0.25, -0.2) is 0 Å². The average Bonchev–Trinajstić information content (AvgIpc) is 2.89. The van der Waals surface area contributed by atoms with Crippen LogP contribution in [-0.2, 0) is 6.42 Å². The zero-order chi connectivity index (χ0) is 23.6. The Labute approximate surface area is 208 Å². The summed E-state index contributed by atoms with van der Waals surface area (Å²) in [4.78, 5) is 4.99. The molecule has 1 atom stereocenters. The van der Waals surface area contributed by atoms with Gasteiger partial charge in [0.15, 0.2) is 0 Å². The summed E-state index contributed by atoms with van der Waals surface area (Å²) < 4.78 is 5.44. The van der Waals surface area contributed by atoms with Crippen LogP contribution in [0.3, 0.4) is 0 Å². The number of hydrogen-bond donors (Lipinski definition) is 1. The molecule has 3 aromatic rings. The fraction of sp³-hybridized carbons (Fsp3) is 0.379. The number of methoxy groups -OCH3 is 1. The Bertz CT molecular complexity index is 938. The zero-order valence-electron chi connectivity index (χ0n) is 20.1. The van der Waals surface area contributed by atoms with Crippen LogP contribution in [0.4, 0.5) is 0 Å². The van der Waals surface area contributed by atoms with Crippen LogP contribution in [0.5, 0.6) is 5.75 Å². The first kappa shape index (κ1) is 24.8. The highest BCUT2D eigenvalue weighted by atomic mass is 32.2. The van der Waals surface area contributed by atoms with Crippen molar-refractivity contribution in [3.8, 4) is 5.75 Å². The number of hydrogen-bond acceptors (Lipinski definition) is 5. The molecule has 0 bridgehead atoms. The van der Waals surface area contributed by atoms with Gasteiger partial charge in [0.25, 0.3) is 0 Å². The van der Waals surface area contributed by atoms with Crippen molar-refractivity contribution in [1.82, 2.24) is 9.80 Å². The zero-order valence-corrected chi connectivity index (χ0v) is 20.9. The summed E-state index contributed by atoms with van der Waals surface area (Å²) in [6.07, 6.45) is 0.661. The molecule has 1 saturated heterocycles. The van der Waals surface area contributed by atoms with E-state index in [1.54, 1.807) is 7.11 Å². The van der Waals surface area contributed by atoms with Crippen LogP contribution in [0.25, 0.3) is 0 Å². The number of aryl methyl sites for hydroxylation is 1. The number of β-amino-alcohol motifs (C(OH)–C–C–N with tert-alkyl or cyclic N) is 1. The van der Waals surface area contributed by atoms with Gasteiger partial charge in [0.1, 0.15) is 5.75 Å². The Balaban J connectivity index is 1.23. The first-order valence-corrected chi connectivity index (χ1v) is 13.3. The van der Waals surface area contributed by atoms with E-state index in [2.05, 4.69) is 82.6 Å². The number of ether oxygens (including phenoxy) is 1. The summed E-state index contributed by atoms with van der Waals surface area (Å²) in [5, 5.41) is 10.6. The van der Waals surface area contributed by atoms with Gasteiger partial charge in [-0.2, -0.15) is 11.8 Å².